The zero-order chi connectivity index (χ0) is 9.90. The highest BCUT2D eigenvalue weighted by atomic mass is 31.2. The lowest BCUT2D eigenvalue weighted by Crippen LogP contribution is -2.18. The van der Waals surface area contributed by atoms with Gasteiger partial charge in [0.2, 0.25) is 0 Å². The minimum atomic E-state index is -3.61. The molecule has 1 aliphatic rings. The molecule has 0 aromatic heterocycles. The van der Waals surface area contributed by atoms with E-state index in [4.69, 9.17) is 4.89 Å². The lowest BCUT2D eigenvalue weighted by atomic mass is 10.0. The van der Waals surface area contributed by atoms with E-state index in [2.05, 4.69) is 0 Å². The fraction of sp³-hybridized carbons (Fsp3) is 1.00. The average molecular weight is 226 g/mol. The summed E-state index contributed by atoms with van der Waals surface area (Å²) in [6.07, 6.45) is 4.29. The summed E-state index contributed by atoms with van der Waals surface area (Å²) in [6.45, 7) is 0. The Bertz CT molecular complexity index is 239. The van der Waals surface area contributed by atoms with E-state index in [1.165, 1.54) is 0 Å². The van der Waals surface area contributed by atoms with Gasteiger partial charge < -0.3 is 4.89 Å². The maximum atomic E-state index is 11.5. The van der Waals surface area contributed by atoms with Crippen molar-refractivity contribution in [3.8, 4) is 0 Å². The number of hydrogen-bond acceptors (Lipinski definition) is 2. The summed E-state index contributed by atoms with van der Waals surface area (Å²) >= 11 is 0. The summed E-state index contributed by atoms with van der Waals surface area (Å²) in [5, 5.41) is 0. The van der Waals surface area contributed by atoms with Gasteiger partial charge in [0, 0.05) is 4.86 Å². The van der Waals surface area contributed by atoms with Crippen LogP contribution in [0.5, 0.6) is 0 Å². The van der Waals surface area contributed by atoms with Crippen LogP contribution >= 0.6 is 15.7 Å². The Morgan fingerprint density at radius 3 is 2.31 bits per heavy atom. The first-order valence-electron chi connectivity index (χ1n) is 4.29. The van der Waals surface area contributed by atoms with E-state index in [9.17, 15) is 14.0 Å². The molecule has 0 amide bonds. The highest BCUT2D eigenvalue weighted by Crippen LogP contribution is 2.51. The molecular formula is C6H14NO4P2+. The van der Waals surface area contributed by atoms with Crippen molar-refractivity contribution in [1.29, 1.82) is 0 Å². The van der Waals surface area contributed by atoms with Gasteiger partial charge in [0.1, 0.15) is 0 Å². The van der Waals surface area contributed by atoms with Crippen molar-refractivity contribution in [2.45, 2.75) is 37.8 Å². The van der Waals surface area contributed by atoms with E-state index in [-0.39, 0.29) is 5.66 Å². The molecule has 1 saturated carbocycles. The molecule has 0 radical (unpaired) electrons. The first kappa shape index (κ1) is 11.3. The second-order valence-corrected chi connectivity index (χ2v) is 6.61. The molecule has 0 saturated heterocycles. The second kappa shape index (κ2) is 4.63. The van der Waals surface area contributed by atoms with Crippen molar-refractivity contribution < 1.29 is 18.9 Å². The summed E-state index contributed by atoms with van der Waals surface area (Å²) < 4.78 is 21.8. The van der Waals surface area contributed by atoms with Crippen LogP contribution in [0.3, 0.4) is 0 Å². The Hall–Kier alpha value is 0.210. The van der Waals surface area contributed by atoms with E-state index in [1.807, 2.05) is 4.86 Å². The van der Waals surface area contributed by atoms with Crippen LogP contribution in [0.2, 0.25) is 0 Å². The monoisotopic (exact) mass is 226 g/mol. The van der Waals surface area contributed by atoms with Crippen molar-refractivity contribution in [1.82, 2.24) is 4.86 Å². The molecule has 1 aliphatic carbocycles. The van der Waals surface area contributed by atoms with Gasteiger partial charge in [-0.3, -0.25) is 4.57 Å². The molecule has 7 heteroatoms. The fourth-order valence-corrected chi connectivity index (χ4v) is 4.33. The summed E-state index contributed by atoms with van der Waals surface area (Å²) in [7, 11) is -6.33. The molecule has 13 heavy (non-hydrogen) atoms. The van der Waals surface area contributed by atoms with Crippen molar-refractivity contribution in [2.75, 3.05) is 0 Å². The van der Waals surface area contributed by atoms with E-state index in [1.54, 1.807) is 0 Å². The van der Waals surface area contributed by atoms with Crippen molar-refractivity contribution in [2.24, 2.45) is 0 Å². The summed E-state index contributed by atoms with van der Waals surface area (Å²) in [6, 6.07) is 0. The molecule has 3 N–H and O–H groups in total. The molecule has 1 fully saturated rings. The summed E-state index contributed by atoms with van der Waals surface area (Å²) in [4.78, 5) is 19.8. The lowest BCUT2D eigenvalue weighted by molar-refractivity contribution is 0.414. The molecule has 2 atom stereocenters. The van der Waals surface area contributed by atoms with Crippen molar-refractivity contribution in [3.63, 3.8) is 0 Å². The SMILES string of the molecule is O=[P+](O)NP(=O)(O)C1CCCCC1. The van der Waals surface area contributed by atoms with Crippen LogP contribution in [-0.4, -0.2) is 15.4 Å². The number of nitrogens with one attached hydrogen (secondary N) is 1. The van der Waals surface area contributed by atoms with Gasteiger partial charge in [0.25, 0.3) is 0 Å². The third kappa shape index (κ3) is 3.45. The highest BCUT2D eigenvalue weighted by Gasteiger charge is 2.38. The van der Waals surface area contributed by atoms with Crippen LogP contribution in [-0.2, 0) is 9.13 Å². The van der Waals surface area contributed by atoms with Crippen molar-refractivity contribution in [3.05, 3.63) is 0 Å². The van der Waals surface area contributed by atoms with Gasteiger partial charge >= 0.3 is 15.7 Å². The smallest absolute Gasteiger partial charge is 0.331 e. The van der Waals surface area contributed by atoms with E-state index >= 15 is 0 Å². The van der Waals surface area contributed by atoms with E-state index in [0.29, 0.717) is 12.8 Å². The molecule has 2 unspecified atom stereocenters. The average Bonchev–Trinajstić information content (AvgIpc) is 2.04. The Balaban J connectivity index is 2.56. The van der Waals surface area contributed by atoms with Crippen LogP contribution in [0.4, 0.5) is 0 Å². The molecule has 5 nitrogen and oxygen atoms in total. The predicted molar refractivity (Wildman–Crippen MR) is 49.7 cm³/mol. The third-order valence-corrected chi connectivity index (χ3v) is 5.64. The molecule has 0 heterocycles. The largest absolute Gasteiger partial charge is 0.619 e. The van der Waals surface area contributed by atoms with Crippen LogP contribution in [0, 0.1) is 0 Å². The zero-order valence-corrected chi connectivity index (χ0v) is 9.01. The maximum Gasteiger partial charge on any atom is 0.619 e. The van der Waals surface area contributed by atoms with Crippen LogP contribution in [0.25, 0.3) is 0 Å². The normalized spacial score (nSPS) is 25.2. The van der Waals surface area contributed by atoms with Gasteiger partial charge in [-0.25, -0.2) is 0 Å². The zero-order valence-electron chi connectivity index (χ0n) is 7.22. The van der Waals surface area contributed by atoms with Crippen LogP contribution in [0.1, 0.15) is 32.1 Å². The predicted octanol–water partition coefficient (Wildman–Crippen LogP) is 1.74. The van der Waals surface area contributed by atoms with Gasteiger partial charge in [0.05, 0.1) is 5.66 Å². The molecule has 76 valence electrons. The van der Waals surface area contributed by atoms with Gasteiger partial charge in [-0.15, -0.1) is 4.89 Å². The minimum Gasteiger partial charge on any atom is -0.331 e. The standard InChI is InChI=1S/C6H13NO4P2/c8-12(9)7-13(10,11)6-4-2-1-3-5-6/h6H,1-5H2,(H2-,7,8,9,10,11)/p+1. The lowest BCUT2D eigenvalue weighted by Gasteiger charge is -2.23. The Morgan fingerprint density at radius 1 is 1.31 bits per heavy atom. The first-order chi connectivity index (χ1) is 6.02. The highest BCUT2D eigenvalue weighted by molar-refractivity contribution is 7.65. The van der Waals surface area contributed by atoms with Gasteiger partial charge in [-0.1, -0.05) is 19.3 Å². The molecule has 0 bridgehead atoms. The molecule has 0 spiro atoms. The quantitative estimate of drug-likeness (QED) is 0.638. The van der Waals surface area contributed by atoms with E-state index in [0.717, 1.165) is 19.3 Å². The van der Waals surface area contributed by atoms with Gasteiger partial charge in [-0.05, 0) is 17.4 Å². The molecule has 0 aromatic rings. The number of hydrogen-bond donors (Lipinski definition) is 3. The third-order valence-electron chi connectivity index (χ3n) is 2.30. The van der Waals surface area contributed by atoms with Crippen LogP contribution in [0.15, 0.2) is 0 Å². The Labute approximate surface area is 78.0 Å². The van der Waals surface area contributed by atoms with Crippen LogP contribution < -0.4 is 4.86 Å². The molecule has 0 aliphatic heterocycles. The Kier molecular flexibility index (Phi) is 4.02. The molecule has 0 aromatic carbocycles. The van der Waals surface area contributed by atoms with Gasteiger partial charge in [-0.2, -0.15) is 0 Å². The Morgan fingerprint density at radius 2 is 1.85 bits per heavy atom. The van der Waals surface area contributed by atoms with E-state index < -0.39 is 15.7 Å². The maximum absolute atomic E-state index is 11.5. The van der Waals surface area contributed by atoms with Crippen molar-refractivity contribution >= 4 is 15.7 Å². The number of rotatable bonds is 3. The molecular weight excluding hydrogens is 212 g/mol. The minimum absolute atomic E-state index is 0.340. The molecule has 1 rings (SSSR count). The topological polar surface area (TPSA) is 86.6 Å². The summed E-state index contributed by atoms with van der Waals surface area (Å²) in [5.74, 6) is 0. The first-order valence-corrected chi connectivity index (χ1v) is 7.23. The van der Waals surface area contributed by atoms with Gasteiger partial charge in [0.15, 0.2) is 0 Å². The second-order valence-electron chi connectivity index (χ2n) is 3.29. The summed E-state index contributed by atoms with van der Waals surface area (Å²) in [5.41, 5.74) is -0.340. The fourth-order valence-electron chi connectivity index (χ4n) is 1.64.